The van der Waals surface area contributed by atoms with Gasteiger partial charge < -0.3 is 9.80 Å². The lowest BCUT2D eigenvalue weighted by Gasteiger charge is -2.34. The second-order valence-electron chi connectivity index (χ2n) is 8.63. The third-order valence-corrected chi connectivity index (χ3v) is 8.97. The largest absolute Gasteiger partial charge is 0.345 e. The molecule has 0 saturated carbocycles. The molecular formula is C26H30N4O3S2. The minimum atomic E-state index is -3.69. The van der Waals surface area contributed by atoms with Gasteiger partial charge in [-0.2, -0.15) is 4.31 Å². The molecule has 1 saturated heterocycles. The Bertz CT molecular complexity index is 1350. The van der Waals surface area contributed by atoms with Crippen molar-refractivity contribution in [1.82, 2.24) is 14.2 Å². The van der Waals surface area contributed by atoms with E-state index in [-0.39, 0.29) is 23.9 Å². The third kappa shape index (κ3) is 5.17. The number of anilines is 1. The molecular weight excluding hydrogens is 480 g/mol. The van der Waals surface area contributed by atoms with Gasteiger partial charge in [0.15, 0.2) is 5.13 Å². The first-order chi connectivity index (χ1) is 16.7. The number of thiazole rings is 1. The van der Waals surface area contributed by atoms with Gasteiger partial charge in [-0.3, -0.25) is 4.79 Å². The summed E-state index contributed by atoms with van der Waals surface area (Å²) in [5, 5.41) is 0.985. The van der Waals surface area contributed by atoms with Gasteiger partial charge in [-0.05, 0) is 55.3 Å². The summed E-state index contributed by atoms with van der Waals surface area (Å²) >= 11 is 1.69. The van der Waals surface area contributed by atoms with Gasteiger partial charge in [-0.25, -0.2) is 13.4 Å². The van der Waals surface area contributed by atoms with Crippen LogP contribution in [0.1, 0.15) is 21.5 Å². The monoisotopic (exact) mass is 510 g/mol. The zero-order valence-electron chi connectivity index (χ0n) is 20.1. The quantitative estimate of drug-likeness (QED) is 0.424. The molecule has 0 radical (unpaired) electrons. The van der Waals surface area contributed by atoms with Crippen LogP contribution in [-0.2, 0) is 10.0 Å². The maximum atomic E-state index is 13.1. The summed E-state index contributed by atoms with van der Waals surface area (Å²) in [7, 11) is -3.69. The van der Waals surface area contributed by atoms with E-state index in [0.29, 0.717) is 31.7 Å². The Morgan fingerprint density at radius 3 is 2.29 bits per heavy atom. The molecule has 35 heavy (non-hydrogen) atoms. The maximum Gasteiger partial charge on any atom is 0.253 e. The summed E-state index contributed by atoms with van der Waals surface area (Å²) in [4.78, 5) is 22.1. The highest BCUT2D eigenvalue weighted by Gasteiger charge is 2.26. The number of carbonyl (C=O) groups excluding carboxylic acids is 1. The van der Waals surface area contributed by atoms with Crippen molar-refractivity contribution in [1.29, 1.82) is 0 Å². The first kappa shape index (κ1) is 25.1. The Labute approximate surface area is 211 Å². The highest BCUT2D eigenvalue weighted by Crippen LogP contribution is 2.32. The van der Waals surface area contributed by atoms with Gasteiger partial charge in [0.2, 0.25) is 10.0 Å². The van der Waals surface area contributed by atoms with Crippen LogP contribution in [0.2, 0.25) is 0 Å². The van der Waals surface area contributed by atoms with E-state index in [4.69, 9.17) is 4.98 Å². The number of benzene rings is 2. The molecule has 1 amide bonds. The summed E-state index contributed by atoms with van der Waals surface area (Å²) in [6, 6.07) is 10.5. The van der Waals surface area contributed by atoms with Gasteiger partial charge in [0.25, 0.3) is 5.91 Å². The maximum absolute atomic E-state index is 13.1. The van der Waals surface area contributed by atoms with Crippen LogP contribution in [0.25, 0.3) is 10.2 Å². The summed E-state index contributed by atoms with van der Waals surface area (Å²) < 4.78 is 28.3. The van der Waals surface area contributed by atoms with Crippen molar-refractivity contribution < 1.29 is 13.2 Å². The van der Waals surface area contributed by atoms with Crippen LogP contribution < -0.4 is 4.90 Å². The van der Waals surface area contributed by atoms with Crippen LogP contribution >= 0.6 is 11.3 Å². The van der Waals surface area contributed by atoms with Gasteiger partial charge >= 0.3 is 0 Å². The van der Waals surface area contributed by atoms with E-state index >= 15 is 0 Å². The zero-order chi connectivity index (χ0) is 25.2. The van der Waals surface area contributed by atoms with Crippen LogP contribution in [0.4, 0.5) is 5.13 Å². The van der Waals surface area contributed by atoms with E-state index in [2.05, 4.69) is 44.0 Å². The zero-order valence-corrected chi connectivity index (χ0v) is 21.7. The second kappa shape index (κ2) is 10.3. The predicted molar refractivity (Wildman–Crippen MR) is 143 cm³/mol. The molecule has 3 aromatic rings. The Kier molecular flexibility index (Phi) is 7.39. The minimum Gasteiger partial charge on any atom is -0.345 e. The molecule has 2 heterocycles. The molecule has 1 aliphatic rings. The topological polar surface area (TPSA) is 73.8 Å². The molecule has 4 rings (SSSR count). The number of rotatable bonds is 8. The Morgan fingerprint density at radius 2 is 1.69 bits per heavy atom. The highest BCUT2D eigenvalue weighted by molar-refractivity contribution is 7.89. The molecule has 2 aromatic carbocycles. The number of aryl methyl sites for hydroxylation is 2. The minimum absolute atomic E-state index is 0.0987. The molecule has 0 unspecified atom stereocenters. The van der Waals surface area contributed by atoms with Crippen molar-refractivity contribution in [2.24, 2.45) is 0 Å². The van der Waals surface area contributed by atoms with E-state index < -0.39 is 10.0 Å². The van der Waals surface area contributed by atoms with Gasteiger partial charge in [0.05, 0.1) is 15.1 Å². The number of fused-ring (bicyclic) bond motifs is 1. The number of hydrogen-bond acceptors (Lipinski definition) is 6. The predicted octanol–water partition coefficient (Wildman–Crippen LogP) is 4.24. The van der Waals surface area contributed by atoms with Crippen LogP contribution in [0.3, 0.4) is 0 Å². The SMILES string of the molecule is C=CCN(CC=C)S(=O)(=O)c1ccc(C(=O)N2CCN(c3nc4c(C)cc(C)cc4s3)CC2)cc1. The summed E-state index contributed by atoms with van der Waals surface area (Å²) in [6.07, 6.45) is 3.07. The smallest absolute Gasteiger partial charge is 0.253 e. The average Bonchev–Trinajstić information content (AvgIpc) is 3.28. The Hall–Kier alpha value is -3.01. The number of piperazine rings is 1. The molecule has 184 valence electrons. The fourth-order valence-electron chi connectivity index (χ4n) is 4.25. The second-order valence-corrected chi connectivity index (χ2v) is 11.6. The lowest BCUT2D eigenvalue weighted by atomic mass is 10.1. The van der Waals surface area contributed by atoms with E-state index in [1.54, 1.807) is 23.5 Å². The first-order valence-electron chi connectivity index (χ1n) is 11.5. The number of sulfonamides is 1. The van der Waals surface area contributed by atoms with Crippen molar-refractivity contribution in [3.05, 3.63) is 78.4 Å². The average molecular weight is 511 g/mol. The van der Waals surface area contributed by atoms with Crippen LogP contribution in [0.15, 0.2) is 66.6 Å². The van der Waals surface area contributed by atoms with Crippen LogP contribution in [0, 0.1) is 13.8 Å². The highest BCUT2D eigenvalue weighted by atomic mass is 32.2. The standard InChI is InChI=1S/C26H30N4O3S2/c1-5-11-30(12-6-2)35(32,33)22-9-7-21(8-10-22)25(31)28-13-15-29(16-14-28)26-27-24-20(4)17-19(3)18-23(24)34-26/h5-10,17-18H,1-2,11-16H2,3-4H3. The lowest BCUT2D eigenvalue weighted by Crippen LogP contribution is -2.48. The Balaban J connectivity index is 1.43. The number of nitrogens with zero attached hydrogens (tertiary/aromatic N) is 4. The fourth-order valence-corrected chi connectivity index (χ4v) is 6.83. The molecule has 0 bridgehead atoms. The summed E-state index contributed by atoms with van der Waals surface area (Å²) in [5.41, 5.74) is 3.93. The van der Waals surface area contributed by atoms with E-state index in [1.807, 2.05) is 4.90 Å². The molecule has 1 fully saturated rings. The van der Waals surface area contributed by atoms with Crippen molar-refractivity contribution in [2.75, 3.05) is 44.2 Å². The molecule has 1 aromatic heterocycles. The number of aromatic nitrogens is 1. The molecule has 0 spiro atoms. The molecule has 9 heteroatoms. The molecule has 7 nitrogen and oxygen atoms in total. The van der Waals surface area contributed by atoms with Gasteiger partial charge in [-0.1, -0.05) is 29.6 Å². The van der Waals surface area contributed by atoms with E-state index in [9.17, 15) is 13.2 Å². The summed E-state index contributed by atoms with van der Waals surface area (Å²) in [5.74, 6) is -0.0987. The molecule has 0 N–H and O–H groups in total. The first-order valence-corrected chi connectivity index (χ1v) is 13.7. The third-order valence-electron chi connectivity index (χ3n) is 6.06. The van der Waals surface area contributed by atoms with Gasteiger partial charge in [0, 0.05) is 44.8 Å². The molecule has 0 atom stereocenters. The van der Waals surface area contributed by atoms with Crippen LogP contribution in [-0.4, -0.2) is 67.8 Å². The Morgan fingerprint density at radius 1 is 1.06 bits per heavy atom. The number of carbonyl (C=O) groups is 1. The number of amides is 1. The summed E-state index contributed by atoms with van der Waals surface area (Å²) in [6.45, 7) is 14.4. The van der Waals surface area contributed by atoms with Gasteiger partial charge in [0.1, 0.15) is 0 Å². The van der Waals surface area contributed by atoms with Crippen molar-refractivity contribution in [3.63, 3.8) is 0 Å². The molecule has 0 aliphatic carbocycles. The number of hydrogen-bond donors (Lipinski definition) is 0. The van der Waals surface area contributed by atoms with E-state index in [0.717, 1.165) is 10.6 Å². The fraction of sp³-hybridized carbons (Fsp3) is 0.308. The van der Waals surface area contributed by atoms with Crippen molar-refractivity contribution in [2.45, 2.75) is 18.7 Å². The van der Waals surface area contributed by atoms with Gasteiger partial charge in [-0.15, -0.1) is 13.2 Å². The lowest BCUT2D eigenvalue weighted by molar-refractivity contribution is 0.0746. The van der Waals surface area contributed by atoms with E-state index in [1.165, 1.54) is 44.4 Å². The normalized spacial score (nSPS) is 14.5. The van der Waals surface area contributed by atoms with Crippen molar-refractivity contribution in [3.8, 4) is 0 Å². The van der Waals surface area contributed by atoms with Crippen LogP contribution in [0.5, 0.6) is 0 Å². The molecule has 1 aliphatic heterocycles. The van der Waals surface area contributed by atoms with Crippen molar-refractivity contribution >= 4 is 42.6 Å².